The summed E-state index contributed by atoms with van der Waals surface area (Å²) in [6.45, 7) is 4.17. The summed E-state index contributed by atoms with van der Waals surface area (Å²) >= 11 is 0. The summed E-state index contributed by atoms with van der Waals surface area (Å²) in [5, 5.41) is 0. The fourth-order valence-electron chi connectivity index (χ4n) is 7.36. The molecule has 8 rings (SSSR count). The summed E-state index contributed by atoms with van der Waals surface area (Å²) in [4.78, 5) is 55.5. The molecule has 7 atom stereocenters. The minimum atomic E-state index is -0.562. The van der Waals surface area contributed by atoms with Crippen molar-refractivity contribution in [2.45, 2.75) is 33.1 Å². The molecule has 194 valence electrons. The Hall–Kier alpha value is -3.74. The normalized spacial score (nSPS) is 32.6. The van der Waals surface area contributed by atoms with Gasteiger partial charge in [0.05, 0.1) is 23.4 Å². The maximum absolute atomic E-state index is 13.5. The minimum Gasteiger partial charge on any atom is -0.426 e. The third-order valence-corrected chi connectivity index (χ3v) is 9.41. The molecule has 2 aromatic rings. The first-order chi connectivity index (χ1) is 18.4. The van der Waals surface area contributed by atoms with Crippen molar-refractivity contribution in [1.82, 2.24) is 0 Å². The van der Waals surface area contributed by atoms with Crippen LogP contribution in [0.3, 0.4) is 0 Å². The topological polar surface area (TPSA) is 84.0 Å². The number of anilines is 2. The highest BCUT2D eigenvalue weighted by molar-refractivity contribution is 6.23. The lowest BCUT2D eigenvalue weighted by Crippen LogP contribution is -2.40. The predicted molar refractivity (Wildman–Crippen MR) is 140 cm³/mol. The van der Waals surface area contributed by atoms with Crippen LogP contribution in [0.1, 0.15) is 30.9 Å². The first-order valence-corrected chi connectivity index (χ1v) is 13.6. The number of amides is 3. The highest BCUT2D eigenvalue weighted by atomic mass is 16.5. The Morgan fingerprint density at radius 1 is 0.947 bits per heavy atom. The van der Waals surface area contributed by atoms with E-state index >= 15 is 0 Å². The van der Waals surface area contributed by atoms with E-state index in [1.165, 1.54) is 10.5 Å². The van der Waals surface area contributed by atoms with Gasteiger partial charge in [-0.2, -0.15) is 0 Å². The summed E-state index contributed by atoms with van der Waals surface area (Å²) in [5.74, 6) is -0.0239. The van der Waals surface area contributed by atoms with Crippen LogP contribution in [0.5, 0.6) is 5.75 Å². The Bertz CT molecular complexity index is 1380. The zero-order chi connectivity index (χ0) is 26.3. The van der Waals surface area contributed by atoms with Crippen LogP contribution in [-0.2, 0) is 25.6 Å². The van der Waals surface area contributed by atoms with Crippen molar-refractivity contribution < 1.29 is 23.9 Å². The molecular weight excluding hydrogens is 480 g/mol. The summed E-state index contributed by atoms with van der Waals surface area (Å²) < 4.78 is 5.66. The summed E-state index contributed by atoms with van der Waals surface area (Å²) in [7, 11) is 0. The highest BCUT2D eigenvalue weighted by Crippen LogP contribution is 2.65. The van der Waals surface area contributed by atoms with Gasteiger partial charge in [0.2, 0.25) is 17.7 Å². The molecule has 7 heteroatoms. The van der Waals surface area contributed by atoms with Crippen molar-refractivity contribution in [2.75, 3.05) is 16.3 Å². The molecule has 2 heterocycles. The van der Waals surface area contributed by atoms with Gasteiger partial charge in [0, 0.05) is 18.7 Å². The molecule has 0 radical (unpaired) electrons. The number of hydrogen-bond acceptors (Lipinski definition) is 5. The number of allylic oxidation sites excluding steroid dienone is 2. The minimum absolute atomic E-state index is 0.101. The summed E-state index contributed by atoms with van der Waals surface area (Å²) in [6.07, 6.45) is 6.48. The largest absolute Gasteiger partial charge is 0.426 e. The Balaban J connectivity index is 1.05. The number of ether oxygens (including phenoxy) is 1. The number of rotatable bonds is 5. The van der Waals surface area contributed by atoms with E-state index in [2.05, 4.69) is 19.1 Å². The van der Waals surface area contributed by atoms with Crippen LogP contribution >= 0.6 is 0 Å². The van der Waals surface area contributed by atoms with E-state index in [0.29, 0.717) is 28.8 Å². The molecule has 2 aromatic carbocycles. The maximum atomic E-state index is 13.5. The Morgan fingerprint density at radius 2 is 1.61 bits per heavy atom. The van der Waals surface area contributed by atoms with Gasteiger partial charge in [-0.1, -0.05) is 31.2 Å². The maximum Gasteiger partial charge on any atom is 0.316 e. The zero-order valence-corrected chi connectivity index (χ0v) is 21.5. The lowest BCUT2D eigenvalue weighted by atomic mass is 9.63. The van der Waals surface area contributed by atoms with Crippen molar-refractivity contribution in [3.8, 4) is 5.75 Å². The molecule has 2 saturated heterocycles. The predicted octanol–water partition coefficient (Wildman–Crippen LogP) is 4.07. The van der Waals surface area contributed by atoms with Crippen LogP contribution in [0, 0.1) is 48.3 Å². The second kappa shape index (κ2) is 8.38. The molecule has 38 heavy (non-hydrogen) atoms. The molecule has 0 N–H and O–H groups in total. The zero-order valence-electron chi connectivity index (χ0n) is 21.5. The monoisotopic (exact) mass is 510 g/mol. The van der Waals surface area contributed by atoms with Crippen LogP contribution in [0.4, 0.5) is 11.4 Å². The number of aryl methyl sites for hydroxylation is 2. The van der Waals surface area contributed by atoms with Crippen LogP contribution in [0.25, 0.3) is 0 Å². The molecular formula is C31H30N2O5. The van der Waals surface area contributed by atoms with Crippen LogP contribution in [0.15, 0.2) is 54.6 Å². The van der Waals surface area contributed by atoms with E-state index in [9.17, 15) is 19.2 Å². The van der Waals surface area contributed by atoms with Crippen molar-refractivity contribution in [3.63, 3.8) is 0 Å². The molecule has 3 amide bonds. The van der Waals surface area contributed by atoms with E-state index in [0.717, 1.165) is 18.5 Å². The van der Waals surface area contributed by atoms with E-state index in [-0.39, 0.29) is 54.4 Å². The third-order valence-electron chi connectivity index (χ3n) is 9.41. The lowest BCUT2D eigenvalue weighted by molar-refractivity contribution is -0.139. The van der Waals surface area contributed by atoms with Gasteiger partial charge < -0.3 is 9.64 Å². The van der Waals surface area contributed by atoms with Gasteiger partial charge >= 0.3 is 5.97 Å². The summed E-state index contributed by atoms with van der Waals surface area (Å²) in [5.41, 5.74) is 3.22. The van der Waals surface area contributed by atoms with E-state index in [4.69, 9.17) is 4.74 Å². The molecule has 2 aliphatic heterocycles. The van der Waals surface area contributed by atoms with Crippen molar-refractivity contribution in [2.24, 2.45) is 41.4 Å². The molecule has 0 aromatic heterocycles. The quantitative estimate of drug-likeness (QED) is 0.262. The standard InChI is InChI=1S/C31H30N2O5/c1-3-17-4-6-19(7-5-17)32-15-18(13-26(32)34)31(37)38-20-8-11-25(16(2)12-20)33-29(35)27-21-9-10-22(24-14-23(21)24)28(27)30(33)36/h4-12,18,21-24,27-28H,3,13-15H2,1-2H3/t18-,21+,22+,23+,24+,27-,28+/m1/s1. The van der Waals surface area contributed by atoms with Crippen molar-refractivity contribution in [3.05, 3.63) is 65.7 Å². The van der Waals surface area contributed by atoms with Crippen LogP contribution in [-0.4, -0.2) is 30.2 Å². The molecule has 0 unspecified atom stereocenters. The Kier molecular flexibility index (Phi) is 5.16. The number of imide groups is 1. The number of benzene rings is 2. The van der Waals surface area contributed by atoms with Gasteiger partial charge in [-0.25, -0.2) is 4.90 Å². The third kappa shape index (κ3) is 3.40. The SMILES string of the molecule is CCc1ccc(N2C[C@H](C(=O)Oc3ccc(N4C(=O)[C@@H]5[C@H]6C=C[C@@H]([C@@H]7C[C@@H]67)[C@@H]5C4=O)c(C)c3)CC2=O)cc1. The number of hydrogen-bond donors (Lipinski definition) is 0. The molecule has 6 aliphatic rings. The summed E-state index contributed by atoms with van der Waals surface area (Å²) in [6, 6.07) is 12.8. The number of esters is 1. The van der Waals surface area contributed by atoms with Crippen molar-refractivity contribution in [1.29, 1.82) is 0 Å². The molecule has 2 saturated carbocycles. The van der Waals surface area contributed by atoms with E-state index in [1.54, 1.807) is 23.1 Å². The second-order valence-corrected chi connectivity index (χ2v) is 11.5. The highest BCUT2D eigenvalue weighted by Gasteiger charge is 2.67. The van der Waals surface area contributed by atoms with Crippen molar-refractivity contribution >= 4 is 35.1 Å². The van der Waals surface area contributed by atoms with Gasteiger partial charge in [0.1, 0.15) is 5.75 Å². The lowest BCUT2D eigenvalue weighted by Gasteiger charge is -2.37. The van der Waals surface area contributed by atoms with E-state index < -0.39 is 11.9 Å². The van der Waals surface area contributed by atoms with Gasteiger partial charge in [0.15, 0.2) is 0 Å². The molecule has 2 bridgehead atoms. The molecule has 4 aliphatic carbocycles. The first-order valence-electron chi connectivity index (χ1n) is 13.6. The fourth-order valence-corrected chi connectivity index (χ4v) is 7.36. The number of carbonyl (C=O) groups excluding carboxylic acids is 4. The average molecular weight is 511 g/mol. The Labute approximate surface area is 221 Å². The van der Waals surface area contributed by atoms with Gasteiger partial charge in [-0.15, -0.1) is 0 Å². The molecule has 7 nitrogen and oxygen atoms in total. The van der Waals surface area contributed by atoms with E-state index in [1.807, 2.05) is 31.2 Å². The smallest absolute Gasteiger partial charge is 0.316 e. The number of carbonyl (C=O) groups is 4. The molecule has 4 fully saturated rings. The number of nitrogens with zero attached hydrogens (tertiary/aromatic N) is 2. The van der Waals surface area contributed by atoms with Gasteiger partial charge in [-0.05, 0) is 84.9 Å². The average Bonchev–Trinajstić information content (AvgIpc) is 3.60. The van der Waals surface area contributed by atoms with Gasteiger partial charge in [0.25, 0.3) is 0 Å². The fraction of sp³-hybridized carbons (Fsp3) is 0.419. The van der Waals surface area contributed by atoms with Crippen LogP contribution < -0.4 is 14.5 Å². The van der Waals surface area contributed by atoms with Gasteiger partial charge in [-0.3, -0.25) is 19.2 Å². The Morgan fingerprint density at radius 3 is 2.21 bits per heavy atom. The first kappa shape index (κ1) is 23.4. The van der Waals surface area contributed by atoms with Crippen LogP contribution in [0.2, 0.25) is 0 Å². The molecule has 0 spiro atoms. The second-order valence-electron chi connectivity index (χ2n) is 11.5.